The first-order valence-electron chi connectivity index (χ1n) is 12.0. The van der Waals surface area contributed by atoms with Gasteiger partial charge in [0.25, 0.3) is 0 Å². The number of aryl methyl sites for hydroxylation is 1. The normalized spacial score (nSPS) is 12.5. The van der Waals surface area contributed by atoms with Gasteiger partial charge in [0.1, 0.15) is 18.4 Å². The van der Waals surface area contributed by atoms with Crippen LogP contribution in [0.4, 0.5) is 0 Å². The molecule has 1 N–H and O–H groups in total. The van der Waals surface area contributed by atoms with E-state index in [1.54, 1.807) is 26.0 Å². The Hall–Kier alpha value is -3.75. The number of fused-ring (bicyclic) bond motifs is 1. The lowest BCUT2D eigenvalue weighted by Crippen LogP contribution is -2.44. The van der Waals surface area contributed by atoms with Gasteiger partial charge in [-0.1, -0.05) is 56.3 Å². The first kappa shape index (κ1) is 26.3. The van der Waals surface area contributed by atoms with Crippen molar-refractivity contribution in [1.29, 1.82) is 0 Å². The molecule has 8 heteroatoms. The zero-order valence-electron chi connectivity index (χ0n) is 21.3. The summed E-state index contributed by atoms with van der Waals surface area (Å²) < 4.78 is 38.8. The molecule has 1 atom stereocenters. The zero-order chi connectivity index (χ0) is 26.6. The number of rotatable bonds is 9. The lowest BCUT2D eigenvalue weighted by atomic mass is 10.1. The van der Waals surface area contributed by atoms with E-state index < -0.39 is 22.0 Å². The number of hydrogen-bond acceptors (Lipinski definition) is 6. The number of ether oxygens (including phenoxy) is 2. The van der Waals surface area contributed by atoms with Gasteiger partial charge in [0, 0.05) is 16.6 Å². The number of benzene rings is 3. The molecule has 37 heavy (non-hydrogen) atoms. The smallest absolute Gasteiger partial charge is 0.324 e. The molecule has 192 valence electrons. The minimum absolute atomic E-state index is 0.0747. The Morgan fingerprint density at radius 1 is 0.946 bits per heavy atom. The number of sulfonamides is 1. The Kier molecular flexibility index (Phi) is 7.90. The molecular formula is C29H30N2O5S. The van der Waals surface area contributed by atoms with Crippen LogP contribution in [0, 0.1) is 12.8 Å². The molecule has 4 aromatic rings. The van der Waals surface area contributed by atoms with E-state index in [4.69, 9.17) is 9.47 Å². The standard InChI is InChI=1S/C29H30N2O5S/c1-19(2)28(29(32)35-4)31-37(33,34)25-15-11-22(12-16-25)21-9-13-24(14-10-21)36-18-23-17-20(3)30-27-8-6-5-7-26(23)27/h5-17,19,28,31H,18H2,1-4H3/t28-/m1/s1. The second-order valence-electron chi connectivity index (χ2n) is 9.14. The van der Waals surface area contributed by atoms with E-state index in [1.165, 1.54) is 19.2 Å². The predicted octanol–water partition coefficient (Wildman–Crippen LogP) is 5.27. The van der Waals surface area contributed by atoms with Crippen molar-refractivity contribution < 1.29 is 22.7 Å². The third-order valence-electron chi connectivity index (χ3n) is 6.08. The molecule has 1 aromatic heterocycles. The lowest BCUT2D eigenvalue weighted by molar-refractivity contribution is -0.143. The number of carbonyl (C=O) groups excluding carboxylic acids is 1. The molecule has 0 saturated heterocycles. The molecule has 7 nitrogen and oxygen atoms in total. The van der Waals surface area contributed by atoms with Crippen molar-refractivity contribution in [3.05, 3.63) is 90.1 Å². The van der Waals surface area contributed by atoms with E-state index in [2.05, 4.69) is 9.71 Å². The highest BCUT2D eigenvalue weighted by molar-refractivity contribution is 7.89. The summed E-state index contributed by atoms with van der Waals surface area (Å²) in [6.45, 7) is 5.90. The SMILES string of the molecule is COC(=O)[C@H](NS(=O)(=O)c1ccc(-c2ccc(OCc3cc(C)nc4ccccc34)cc2)cc1)C(C)C. The topological polar surface area (TPSA) is 94.6 Å². The van der Waals surface area contributed by atoms with Gasteiger partial charge < -0.3 is 9.47 Å². The number of pyridine rings is 1. The highest BCUT2D eigenvalue weighted by Crippen LogP contribution is 2.26. The summed E-state index contributed by atoms with van der Waals surface area (Å²) in [7, 11) is -2.66. The fourth-order valence-electron chi connectivity index (χ4n) is 4.06. The number of esters is 1. The summed E-state index contributed by atoms with van der Waals surface area (Å²) in [6.07, 6.45) is 0. The van der Waals surface area contributed by atoms with E-state index in [-0.39, 0.29) is 10.8 Å². The van der Waals surface area contributed by atoms with Gasteiger partial charge in [0.2, 0.25) is 10.0 Å². The summed E-state index contributed by atoms with van der Waals surface area (Å²) in [5.41, 5.74) is 4.74. The maximum atomic E-state index is 12.8. The van der Waals surface area contributed by atoms with E-state index in [9.17, 15) is 13.2 Å². The molecule has 0 aliphatic rings. The molecule has 0 aliphatic carbocycles. The fraction of sp³-hybridized carbons (Fsp3) is 0.241. The maximum Gasteiger partial charge on any atom is 0.324 e. The van der Waals surface area contributed by atoms with Crippen LogP contribution in [0.25, 0.3) is 22.0 Å². The molecule has 0 saturated carbocycles. The molecule has 0 aliphatic heterocycles. The van der Waals surface area contributed by atoms with Crippen molar-refractivity contribution >= 4 is 26.9 Å². The Morgan fingerprint density at radius 3 is 2.19 bits per heavy atom. The number of carbonyl (C=O) groups is 1. The maximum absolute atomic E-state index is 12.8. The average molecular weight is 519 g/mol. The molecule has 0 fully saturated rings. The summed E-state index contributed by atoms with van der Waals surface area (Å²) in [5, 5.41) is 1.07. The number of methoxy groups -OCH3 is 1. The molecule has 1 heterocycles. The molecule has 3 aromatic carbocycles. The second-order valence-corrected chi connectivity index (χ2v) is 10.9. The molecule has 4 rings (SSSR count). The molecule has 0 radical (unpaired) electrons. The Labute approximate surface area is 217 Å². The van der Waals surface area contributed by atoms with Crippen LogP contribution in [0.3, 0.4) is 0 Å². The van der Waals surface area contributed by atoms with Crippen molar-refractivity contribution in [3.63, 3.8) is 0 Å². The second kappa shape index (κ2) is 11.1. The first-order valence-corrected chi connectivity index (χ1v) is 13.4. The van der Waals surface area contributed by atoms with Gasteiger partial charge in [0.05, 0.1) is 17.5 Å². The minimum atomic E-state index is -3.89. The van der Waals surface area contributed by atoms with Crippen LogP contribution in [-0.4, -0.2) is 32.5 Å². The van der Waals surface area contributed by atoms with Crippen molar-refractivity contribution in [3.8, 4) is 16.9 Å². The molecular weight excluding hydrogens is 488 g/mol. The molecule has 0 unspecified atom stereocenters. The Balaban J connectivity index is 1.45. The highest BCUT2D eigenvalue weighted by Gasteiger charge is 2.29. The van der Waals surface area contributed by atoms with Crippen LogP contribution in [0.15, 0.2) is 83.8 Å². The van der Waals surface area contributed by atoms with Crippen LogP contribution in [0.1, 0.15) is 25.1 Å². The van der Waals surface area contributed by atoms with Gasteiger partial charge in [-0.3, -0.25) is 9.78 Å². The summed E-state index contributed by atoms with van der Waals surface area (Å²) >= 11 is 0. The van der Waals surface area contributed by atoms with Gasteiger partial charge >= 0.3 is 5.97 Å². The zero-order valence-corrected chi connectivity index (χ0v) is 22.1. The third-order valence-corrected chi connectivity index (χ3v) is 7.54. The van der Waals surface area contributed by atoms with Gasteiger partial charge in [-0.2, -0.15) is 4.72 Å². The molecule has 0 bridgehead atoms. The van der Waals surface area contributed by atoms with Gasteiger partial charge in [-0.05, 0) is 60.4 Å². The predicted molar refractivity (Wildman–Crippen MR) is 144 cm³/mol. The van der Waals surface area contributed by atoms with Crippen LogP contribution in [0.2, 0.25) is 0 Å². The fourth-order valence-corrected chi connectivity index (χ4v) is 5.40. The Bertz CT molecular complexity index is 1500. The third kappa shape index (κ3) is 6.15. The quantitative estimate of drug-likeness (QED) is 0.304. The average Bonchev–Trinajstić information content (AvgIpc) is 2.90. The minimum Gasteiger partial charge on any atom is -0.489 e. The van der Waals surface area contributed by atoms with Crippen LogP contribution in [0.5, 0.6) is 5.75 Å². The van der Waals surface area contributed by atoms with Gasteiger partial charge in [0.15, 0.2) is 0 Å². The number of para-hydroxylation sites is 1. The monoisotopic (exact) mass is 518 g/mol. The number of aromatic nitrogens is 1. The first-order chi connectivity index (χ1) is 17.7. The summed E-state index contributed by atoms with van der Waals surface area (Å²) in [6, 6.07) is 23.2. The van der Waals surface area contributed by atoms with Crippen LogP contribution in [-0.2, 0) is 26.2 Å². The lowest BCUT2D eigenvalue weighted by Gasteiger charge is -2.19. The van der Waals surface area contributed by atoms with Crippen LogP contribution < -0.4 is 9.46 Å². The molecule has 0 amide bonds. The van der Waals surface area contributed by atoms with Crippen molar-refractivity contribution in [1.82, 2.24) is 9.71 Å². The van der Waals surface area contributed by atoms with Gasteiger partial charge in [-0.25, -0.2) is 8.42 Å². The summed E-state index contributed by atoms with van der Waals surface area (Å²) in [5.74, 6) is -0.151. The van der Waals surface area contributed by atoms with E-state index in [0.29, 0.717) is 6.61 Å². The van der Waals surface area contributed by atoms with Crippen molar-refractivity contribution in [2.45, 2.75) is 38.3 Å². The van der Waals surface area contributed by atoms with Gasteiger partial charge in [-0.15, -0.1) is 0 Å². The van der Waals surface area contributed by atoms with E-state index in [0.717, 1.165) is 39.0 Å². The molecule has 0 spiro atoms. The summed E-state index contributed by atoms with van der Waals surface area (Å²) in [4.78, 5) is 16.6. The van der Waals surface area contributed by atoms with Crippen molar-refractivity contribution in [2.24, 2.45) is 5.92 Å². The number of nitrogens with one attached hydrogen (secondary N) is 1. The van der Waals surface area contributed by atoms with E-state index in [1.807, 2.05) is 61.5 Å². The number of nitrogens with zero attached hydrogens (tertiary/aromatic N) is 1. The van der Waals surface area contributed by atoms with E-state index >= 15 is 0 Å². The van der Waals surface area contributed by atoms with Crippen LogP contribution >= 0.6 is 0 Å². The van der Waals surface area contributed by atoms with Crippen molar-refractivity contribution in [2.75, 3.05) is 7.11 Å². The highest BCUT2D eigenvalue weighted by atomic mass is 32.2. The number of hydrogen-bond donors (Lipinski definition) is 1. The Morgan fingerprint density at radius 2 is 1.57 bits per heavy atom. The largest absolute Gasteiger partial charge is 0.489 e.